The number of benzene rings is 1. The molecule has 0 amide bonds. The Kier molecular flexibility index (Phi) is 5.06. The molecule has 4 aromatic rings. The zero-order valence-electron chi connectivity index (χ0n) is 19.8. The zero-order valence-corrected chi connectivity index (χ0v) is 19.8. The highest BCUT2D eigenvalue weighted by Gasteiger charge is 2.46. The van der Waals surface area contributed by atoms with Gasteiger partial charge in [0.1, 0.15) is 16.9 Å². The summed E-state index contributed by atoms with van der Waals surface area (Å²) >= 11 is 0. The monoisotopic (exact) mass is 459 g/mol. The first-order chi connectivity index (χ1) is 16.5. The SMILES string of the molecule is CCCCn1cc2nc(-c3cc(F)c4c(=O)n(C5CCNC6(CC6)C5)ccc4c3)cc(C)c2n1. The average Bonchev–Trinajstić information content (AvgIpc) is 3.42. The molecule has 6 rings (SSSR count). The Bertz CT molecular complexity index is 1470. The van der Waals surface area contributed by atoms with Crippen LogP contribution in [0.15, 0.2) is 41.5 Å². The maximum Gasteiger partial charge on any atom is 0.261 e. The molecule has 1 aromatic carbocycles. The molecule has 0 radical (unpaired) electrons. The van der Waals surface area contributed by atoms with Crippen LogP contribution in [0.3, 0.4) is 0 Å². The lowest BCUT2D eigenvalue weighted by Gasteiger charge is -2.31. The van der Waals surface area contributed by atoms with Crippen molar-refractivity contribution in [2.75, 3.05) is 6.54 Å². The first-order valence-corrected chi connectivity index (χ1v) is 12.4. The molecule has 2 fully saturated rings. The Labute approximate surface area is 197 Å². The van der Waals surface area contributed by atoms with E-state index in [1.165, 1.54) is 6.07 Å². The summed E-state index contributed by atoms with van der Waals surface area (Å²) < 4.78 is 19.1. The third kappa shape index (κ3) is 3.63. The van der Waals surface area contributed by atoms with Crippen molar-refractivity contribution in [3.05, 3.63) is 58.4 Å². The summed E-state index contributed by atoms with van der Waals surface area (Å²) in [5, 5.41) is 9.03. The quantitative estimate of drug-likeness (QED) is 0.450. The van der Waals surface area contributed by atoms with Gasteiger partial charge in [-0.05, 0) is 80.8 Å². The van der Waals surface area contributed by atoms with Crippen LogP contribution in [0.2, 0.25) is 0 Å². The number of nitrogens with zero attached hydrogens (tertiary/aromatic N) is 4. The molecule has 1 saturated carbocycles. The number of hydrogen-bond donors (Lipinski definition) is 1. The highest BCUT2D eigenvalue weighted by atomic mass is 19.1. The largest absolute Gasteiger partial charge is 0.312 e. The van der Waals surface area contributed by atoms with Gasteiger partial charge in [-0.15, -0.1) is 0 Å². The van der Waals surface area contributed by atoms with Gasteiger partial charge in [-0.3, -0.25) is 9.48 Å². The molecule has 1 aliphatic carbocycles. The molecule has 1 atom stereocenters. The number of aryl methyl sites for hydroxylation is 2. The fourth-order valence-corrected chi connectivity index (χ4v) is 5.47. The summed E-state index contributed by atoms with van der Waals surface area (Å²) in [6.07, 6.45) is 10.1. The van der Waals surface area contributed by atoms with Gasteiger partial charge >= 0.3 is 0 Å². The van der Waals surface area contributed by atoms with E-state index < -0.39 is 5.82 Å². The Morgan fingerprint density at radius 3 is 2.91 bits per heavy atom. The summed E-state index contributed by atoms with van der Waals surface area (Å²) in [6.45, 7) is 5.92. The first-order valence-electron chi connectivity index (χ1n) is 12.4. The van der Waals surface area contributed by atoms with Gasteiger partial charge in [0.25, 0.3) is 5.56 Å². The summed E-state index contributed by atoms with van der Waals surface area (Å²) in [4.78, 5) is 18.1. The van der Waals surface area contributed by atoms with E-state index in [2.05, 4.69) is 17.3 Å². The molecule has 6 nitrogen and oxygen atoms in total. The molecule has 1 unspecified atom stereocenters. The fraction of sp³-hybridized carbons (Fsp3) is 0.444. The van der Waals surface area contributed by atoms with E-state index in [0.29, 0.717) is 16.6 Å². The number of nitrogens with one attached hydrogen (secondary N) is 1. The van der Waals surface area contributed by atoms with Crippen molar-refractivity contribution in [1.29, 1.82) is 0 Å². The van der Waals surface area contributed by atoms with E-state index in [1.54, 1.807) is 4.57 Å². The third-order valence-corrected chi connectivity index (χ3v) is 7.58. The predicted octanol–water partition coefficient (Wildman–Crippen LogP) is 5.12. The molecule has 2 aliphatic rings. The van der Waals surface area contributed by atoms with Gasteiger partial charge < -0.3 is 9.88 Å². The molecule has 1 N–H and O–H groups in total. The van der Waals surface area contributed by atoms with Crippen LogP contribution >= 0.6 is 0 Å². The smallest absolute Gasteiger partial charge is 0.261 e. The molecular formula is C27H30FN5O. The molecule has 0 bridgehead atoms. The standard InChI is InChI=1S/C27H30FN5O/c1-3-4-10-32-16-23-25(31-32)17(2)12-22(30-23)19-13-18-6-11-33(26(34)24(18)21(28)14-19)20-5-9-29-27(15-20)7-8-27/h6,11-14,16,20,29H,3-5,7-10,15H2,1-2H3. The molecule has 176 valence electrons. The molecule has 34 heavy (non-hydrogen) atoms. The molecule has 1 aliphatic heterocycles. The van der Waals surface area contributed by atoms with Crippen LogP contribution in [-0.2, 0) is 6.54 Å². The number of rotatable bonds is 5. The highest BCUT2D eigenvalue weighted by Crippen LogP contribution is 2.45. The maximum atomic E-state index is 15.4. The van der Waals surface area contributed by atoms with Crippen molar-refractivity contribution >= 4 is 21.8 Å². The van der Waals surface area contributed by atoms with Crippen LogP contribution in [0.1, 0.15) is 57.1 Å². The fourth-order valence-electron chi connectivity index (χ4n) is 5.47. The topological polar surface area (TPSA) is 64.7 Å². The van der Waals surface area contributed by atoms with Crippen LogP contribution in [0.25, 0.3) is 33.1 Å². The first kappa shape index (κ1) is 21.5. The van der Waals surface area contributed by atoms with Crippen LogP contribution in [-0.4, -0.2) is 31.4 Å². The number of hydrogen-bond acceptors (Lipinski definition) is 4. The van der Waals surface area contributed by atoms with Gasteiger partial charge in [0.05, 0.1) is 17.3 Å². The van der Waals surface area contributed by atoms with E-state index in [-0.39, 0.29) is 22.5 Å². The van der Waals surface area contributed by atoms with E-state index in [4.69, 9.17) is 4.98 Å². The molecular weight excluding hydrogens is 429 g/mol. The van der Waals surface area contributed by atoms with E-state index in [1.807, 2.05) is 42.2 Å². The van der Waals surface area contributed by atoms with Crippen molar-refractivity contribution in [2.45, 2.75) is 70.5 Å². The van der Waals surface area contributed by atoms with Gasteiger partial charge in [-0.2, -0.15) is 5.10 Å². The summed E-state index contributed by atoms with van der Waals surface area (Å²) in [5.74, 6) is -0.486. The van der Waals surface area contributed by atoms with Crippen LogP contribution in [0.4, 0.5) is 4.39 Å². The number of pyridine rings is 2. The lowest BCUT2D eigenvalue weighted by molar-refractivity contribution is 0.282. The predicted molar refractivity (Wildman–Crippen MR) is 133 cm³/mol. The number of piperidine rings is 1. The molecule has 1 spiro atoms. The number of halogens is 1. The summed E-state index contributed by atoms with van der Waals surface area (Å²) in [7, 11) is 0. The van der Waals surface area contributed by atoms with Crippen LogP contribution in [0, 0.1) is 12.7 Å². The van der Waals surface area contributed by atoms with Crippen molar-refractivity contribution in [3.8, 4) is 11.3 Å². The van der Waals surface area contributed by atoms with Gasteiger partial charge in [-0.25, -0.2) is 9.37 Å². The van der Waals surface area contributed by atoms with Crippen LogP contribution < -0.4 is 10.9 Å². The molecule has 4 heterocycles. The third-order valence-electron chi connectivity index (χ3n) is 7.58. The van der Waals surface area contributed by atoms with Crippen molar-refractivity contribution in [3.63, 3.8) is 0 Å². The van der Waals surface area contributed by atoms with Gasteiger partial charge in [-0.1, -0.05) is 13.3 Å². The Hall–Kier alpha value is -3.06. The lowest BCUT2D eigenvalue weighted by Crippen LogP contribution is -2.42. The minimum absolute atomic E-state index is 0.121. The Morgan fingerprint density at radius 1 is 1.26 bits per heavy atom. The van der Waals surface area contributed by atoms with Crippen molar-refractivity contribution in [1.82, 2.24) is 24.6 Å². The number of unbranched alkanes of at least 4 members (excludes halogenated alkanes) is 1. The second kappa shape index (κ2) is 8.01. The second-order valence-electron chi connectivity index (χ2n) is 10.1. The summed E-state index contributed by atoms with van der Waals surface area (Å²) in [5.41, 5.74) is 4.02. The van der Waals surface area contributed by atoms with E-state index in [9.17, 15) is 4.79 Å². The van der Waals surface area contributed by atoms with Crippen molar-refractivity contribution in [2.24, 2.45) is 0 Å². The maximum absolute atomic E-state index is 15.4. The van der Waals surface area contributed by atoms with Crippen molar-refractivity contribution < 1.29 is 4.39 Å². The van der Waals surface area contributed by atoms with Gasteiger partial charge in [0, 0.05) is 29.9 Å². The molecule has 7 heteroatoms. The van der Waals surface area contributed by atoms with Gasteiger partial charge in [0.2, 0.25) is 0 Å². The Balaban J connectivity index is 1.39. The molecule has 1 saturated heterocycles. The van der Waals surface area contributed by atoms with Gasteiger partial charge in [0.15, 0.2) is 0 Å². The minimum Gasteiger partial charge on any atom is -0.312 e. The second-order valence-corrected chi connectivity index (χ2v) is 10.1. The minimum atomic E-state index is -0.486. The lowest BCUT2D eigenvalue weighted by atomic mass is 9.96. The zero-order chi connectivity index (χ0) is 23.4. The number of aromatic nitrogens is 4. The number of fused-ring (bicyclic) bond motifs is 2. The van der Waals surface area contributed by atoms with Crippen LogP contribution in [0.5, 0.6) is 0 Å². The summed E-state index contributed by atoms with van der Waals surface area (Å²) in [6, 6.07) is 7.28. The van der Waals surface area contributed by atoms with E-state index >= 15 is 4.39 Å². The average molecular weight is 460 g/mol. The molecule has 3 aromatic heterocycles. The Morgan fingerprint density at radius 2 is 2.12 bits per heavy atom. The van der Waals surface area contributed by atoms with E-state index in [0.717, 1.165) is 68.2 Å². The normalized spacial score (nSPS) is 19.3. The highest BCUT2D eigenvalue weighted by molar-refractivity contribution is 5.88.